The van der Waals surface area contributed by atoms with Crippen LogP contribution in [-0.2, 0) is 6.42 Å². The highest BCUT2D eigenvalue weighted by Crippen LogP contribution is 2.48. The number of methoxy groups -OCH3 is 1. The molecule has 29 heavy (non-hydrogen) atoms. The van der Waals surface area contributed by atoms with Crippen molar-refractivity contribution in [1.29, 1.82) is 0 Å². The van der Waals surface area contributed by atoms with E-state index in [0.29, 0.717) is 0 Å². The molecule has 0 fully saturated rings. The molecule has 0 bridgehead atoms. The van der Waals surface area contributed by atoms with Gasteiger partial charge in [-0.1, -0.05) is 30.3 Å². The van der Waals surface area contributed by atoms with Crippen molar-refractivity contribution in [3.63, 3.8) is 0 Å². The fourth-order valence-corrected chi connectivity index (χ4v) is 5.04. The van der Waals surface area contributed by atoms with E-state index >= 15 is 0 Å². The monoisotopic (exact) mass is 512 g/mol. The lowest BCUT2D eigenvalue weighted by Gasteiger charge is -2.15. The molecular formula is C23H17IN2O2S. The molecule has 0 radical (unpaired) electrons. The van der Waals surface area contributed by atoms with Gasteiger partial charge in [0.1, 0.15) is 17.2 Å². The van der Waals surface area contributed by atoms with Crippen molar-refractivity contribution < 1.29 is 9.47 Å². The summed E-state index contributed by atoms with van der Waals surface area (Å²) in [6.07, 6.45) is 0.870. The maximum atomic E-state index is 5.93. The number of aromatic nitrogens is 1. The van der Waals surface area contributed by atoms with Gasteiger partial charge in [0.25, 0.3) is 0 Å². The van der Waals surface area contributed by atoms with Crippen molar-refractivity contribution in [2.45, 2.75) is 6.42 Å². The van der Waals surface area contributed by atoms with Crippen LogP contribution < -0.4 is 13.0 Å². The number of ether oxygens (including phenoxy) is 2. The normalized spacial score (nSPS) is 11.7. The molecule has 0 amide bonds. The Morgan fingerprint density at radius 2 is 1.72 bits per heavy atom. The zero-order chi connectivity index (χ0) is 19.8. The Bertz CT molecular complexity index is 1170. The van der Waals surface area contributed by atoms with Crippen molar-refractivity contribution in [2.24, 2.45) is 0 Å². The van der Waals surface area contributed by atoms with Gasteiger partial charge in [-0.05, 0) is 47.5 Å². The Morgan fingerprint density at radius 3 is 2.45 bits per heavy atom. The second-order valence-corrected chi connectivity index (χ2v) is 8.29. The quantitative estimate of drug-likeness (QED) is 0.205. The van der Waals surface area contributed by atoms with E-state index in [1.807, 2.05) is 48.5 Å². The fraction of sp³-hybridized carbons (Fsp3) is 0.0870. The summed E-state index contributed by atoms with van der Waals surface area (Å²) in [7, 11) is 1.72. The lowest BCUT2D eigenvalue weighted by Crippen LogP contribution is -1.94. The third kappa shape index (κ3) is 3.36. The minimum atomic E-state index is 0.810. The molecule has 144 valence electrons. The molecule has 0 atom stereocenters. The van der Waals surface area contributed by atoms with Crippen LogP contribution in [0.2, 0.25) is 0 Å². The Balaban J connectivity index is 1.53. The van der Waals surface area contributed by atoms with E-state index in [2.05, 4.69) is 44.6 Å². The summed E-state index contributed by atoms with van der Waals surface area (Å²) >= 11 is 3.84. The zero-order valence-electron chi connectivity index (χ0n) is 15.6. The van der Waals surface area contributed by atoms with Crippen molar-refractivity contribution in [2.75, 3.05) is 10.6 Å². The highest BCUT2D eigenvalue weighted by Gasteiger charge is 2.28. The minimum absolute atomic E-state index is 0.810. The number of nitrogens with zero attached hydrogens (tertiary/aromatic N) is 1. The van der Waals surface area contributed by atoms with Crippen molar-refractivity contribution in [1.82, 2.24) is 4.98 Å². The molecule has 6 heteroatoms. The second-order valence-electron chi connectivity index (χ2n) is 6.67. The maximum absolute atomic E-state index is 5.93. The van der Waals surface area contributed by atoms with Crippen LogP contribution in [-0.4, -0.2) is 12.1 Å². The lowest BCUT2D eigenvalue weighted by molar-refractivity contribution is 0.416. The Kier molecular flexibility index (Phi) is 4.89. The molecule has 1 aliphatic rings. The van der Waals surface area contributed by atoms with E-state index in [1.54, 1.807) is 18.4 Å². The van der Waals surface area contributed by atoms with Gasteiger partial charge in [-0.15, -0.1) is 11.3 Å². The number of para-hydroxylation sites is 1. The third-order valence-electron chi connectivity index (χ3n) is 4.99. The van der Waals surface area contributed by atoms with Gasteiger partial charge in [-0.3, -0.25) is 0 Å². The molecule has 4 nitrogen and oxygen atoms in total. The number of nitrogens with one attached hydrogen (secondary N) is 1. The number of rotatable bonds is 5. The van der Waals surface area contributed by atoms with Crippen LogP contribution in [0.4, 0.5) is 5.13 Å². The fourth-order valence-electron chi connectivity index (χ4n) is 3.72. The van der Waals surface area contributed by atoms with Crippen molar-refractivity contribution in [3.8, 4) is 39.6 Å². The third-order valence-corrected chi connectivity index (χ3v) is 6.83. The van der Waals surface area contributed by atoms with Gasteiger partial charge >= 0.3 is 0 Å². The molecule has 4 aromatic rings. The molecule has 0 saturated carbocycles. The predicted molar refractivity (Wildman–Crippen MR) is 127 cm³/mol. The number of benzene rings is 3. The number of hydrogen-bond donors (Lipinski definition) is 1. The molecule has 0 aliphatic heterocycles. The van der Waals surface area contributed by atoms with Gasteiger partial charge in [-0.2, -0.15) is 0 Å². The van der Waals surface area contributed by atoms with Crippen LogP contribution in [0.25, 0.3) is 22.4 Å². The first kappa shape index (κ1) is 18.4. The molecule has 1 heterocycles. The highest BCUT2D eigenvalue weighted by atomic mass is 127. The molecule has 3 aromatic carbocycles. The molecule has 1 aliphatic carbocycles. The Morgan fingerprint density at radius 1 is 0.966 bits per heavy atom. The molecule has 1 aromatic heterocycles. The molecule has 5 rings (SSSR count). The van der Waals surface area contributed by atoms with Crippen LogP contribution in [0.3, 0.4) is 0 Å². The van der Waals surface area contributed by atoms with E-state index in [0.717, 1.165) is 45.6 Å². The average Bonchev–Trinajstić information content (AvgIpc) is 3.32. The van der Waals surface area contributed by atoms with Gasteiger partial charge in [0.2, 0.25) is 0 Å². The van der Waals surface area contributed by atoms with Gasteiger partial charge < -0.3 is 13.0 Å². The molecule has 0 spiro atoms. The standard InChI is InChI=1S/C23H17IN2O2S/c1-27-19-12-11-17-18(13-20-22(17)25-23(26-24)29-20)21(19)14-7-9-16(10-8-14)28-15-5-3-2-4-6-15/h2-12H,13H2,1H3,(H,25,26). The number of anilines is 1. The van der Waals surface area contributed by atoms with Crippen molar-refractivity contribution >= 4 is 39.3 Å². The van der Waals surface area contributed by atoms with Gasteiger partial charge in [0.15, 0.2) is 5.13 Å². The summed E-state index contributed by atoms with van der Waals surface area (Å²) < 4.78 is 14.8. The van der Waals surface area contributed by atoms with E-state index in [-0.39, 0.29) is 0 Å². The lowest BCUT2D eigenvalue weighted by atomic mass is 9.95. The first-order valence-electron chi connectivity index (χ1n) is 9.16. The van der Waals surface area contributed by atoms with Gasteiger partial charge in [0, 0.05) is 22.4 Å². The zero-order valence-corrected chi connectivity index (χ0v) is 18.6. The first-order chi connectivity index (χ1) is 14.3. The summed E-state index contributed by atoms with van der Waals surface area (Å²) in [6.45, 7) is 0. The van der Waals surface area contributed by atoms with Crippen LogP contribution in [0.5, 0.6) is 17.2 Å². The molecular weight excluding hydrogens is 495 g/mol. The molecule has 0 saturated heterocycles. The molecule has 0 unspecified atom stereocenters. The summed E-state index contributed by atoms with van der Waals surface area (Å²) in [5, 5.41) is 0.945. The van der Waals surface area contributed by atoms with Gasteiger partial charge in [-0.25, -0.2) is 4.98 Å². The Hall–Kier alpha value is -2.58. The smallest absolute Gasteiger partial charge is 0.192 e. The van der Waals surface area contributed by atoms with E-state index in [9.17, 15) is 0 Å². The van der Waals surface area contributed by atoms with E-state index in [1.165, 1.54) is 16.0 Å². The largest absolute Gasteiger partial charge is 0.496 e. The SMILES string of the molecule is COc1ccc2c(c1-c1ccc(Oc3ccccc3)cc1)Cc1sc(NI)nc1-2. The molecule has 1 N–H and O–H groups in total. The number of thiazole rings is 1. The van der Waals surface area contributed by atoms with Gasteiger partial charge in [0.05, 0.1) is 35.7 Å². The summed E-state index contributed by atoms with van der Waals surface area (Å²) in [6, 6.07) is 22.1. The summed E-state index contributed by atoms with van der Waals surface area (Å²) in [5.74, 6) is 2.52. The van der Waals surface area contributed by atoms with Crippen LogP contribution in [0.1, 0.15) is 10.4 Å². The topological polar surface area (TPSA) is 43.4 Å². The second kappa shape index (κ2) is 7.68. The number of hydrogen-bond acceptors (Lipinski definition) is 5. The maximum Gasteiger partial charge on any atom is 0.192 e. The summed E-state index contributed by atoms with van der Waals surface area (Å²) in [5.41, 5.74) is 5.79. The van der Waals surface area contributed by atoms with Crippen molar-refractivity contribution in [3.05, 3.63) is 77.2 Å². The Labute approximate surface area is 187 Å². The minimum Gasteiger partial charge on any atom is -0.496 e. The number of halogens is 1. The van der Waals surface area contributed by atoms with Crippen LogP contribution in [0.15, 0.2) is 66.7 Å². The number of fused-ring (bicyclic) bond motifs is 3. The highest BCUT2D eigenvalue weighted by molar-refractivity contribution is 14.1. The first-order valence-corrected chi connectivity index (χ1v) is 11.1. The van der Waals surface area contributed by atoms with Crippen LogP contribution >= 0.6 is 34.2 Å². The van der Waals surface area contributed by atoms with Crippen LogP contribution in [0, 0.1) is 0 Å². The average molecular weight is 512 g/mol. The van der Waals surface area contributed by atoms with E-state index < -0.39 is 0 Å². The predicted octanol–water partition coefficient (Wildman–Crippen LogP) is 6.94. The van der Waals surface area contributed by atoms with E-state index in [4.69, 9.17) is 14.5 Å². The summed E-state index contributed by atoms with van der Waals surface area (Å²) in [4.78, 5) is 6.03.